The van der Waals surface area contributed by atoms with Crippen molar-refractivity contribution in [2.45, 2.75) is 11.8 Å². The summed E-state index contributed by atoms with van der Waals surface area (Å²) in [4.78, 5) is 11.3. The Morgan fingerprint density at radius 2 is 2.29 bits per heavy atom. The second kappa shape index (κ2) is 5.51. The summed E-state index contributed by atoms with van der Waals surface area (Å²) in [5.41, 5.74) is 1.97. The smallest absolute Gasteiger partial charge is 0.239 e. The van der Waals surface area contributed by atoms with Gasteiger partial charge in [0.05, 0.1) is 0 Å². The number of benzene rings is 1. The second-order valence-electron chi connectivity index (χ2n) is 2.98. The van der Waals surface area contributed by atoms with Crippen molar-refractivity contribution in [1.29, 1.82) is 0 Å². The first-order chi connectivity index (χ1) is 6.63. The van der Waals surface area contributed by atoms with Gasteiger partial charge in [-0.2, -0.15) is 0 Å². The molecule has 1 amide bonds. The molecule has 4 heteroatoms. The Morgan fingerprint density at radius 1 is 1.57 bits per heavy atom. The second-order valence-corrected chi connectivity index (χ2v) is 4.73. The van der Waals surface area contributed by atoms with Gasteiger partial charge in [0.2, 0.25) is 5.91 Å². The summed E-state index contributed by atoms with van der Waals surface area (Å²) in [5.74, 6) is -0.0347. The van der Waals surface area contributed by atoms with Gasteiger partial charge in [0.25, 0.3) is 0 Å². The van der Waals surface area contributed by atoms with E-state index in [2.05, 4.69) is 37.2 Å². The van der Waals surface area contributed by atoms with E-state index >= 15 is 0 Å². The maximum atomic E-state index is 11.5. The lowest BCUT2D eigenvalue weighted by atomic mass is 10.2. The topological polar surface area (TPSA) is 29.1 Å². The lowest BCUT2D eigenvalue weighted by molar-refractivity contribution is -0.115. The first-order valence-electron chi connectivity index (χ1n) is 4.21. The molecule has 0 aliphatic carbocycles. The minimum Gasteiger partial charge on any atom is -0.325 e. The van der Waals surface area contributed by atoms with Crippen LogP contribution in [0.1, 0.15) is 5.56 Å². The summed E-state index contributed by atoms with van der Waals surface area (Å²) in [6.07, 6.45) is 0. The van der Waals surface area contributed by atoms with E-state index in [0.717, 1.165) is 11.3 Å². The molecule has 0 radical (unpaired) electrons. The predicted octanol–water partition coefficient (Wildman–Crippen LogP) is 3.09. The number of rotatable bonds is 3. The summed E-state index contributed by atoms with van der Waals surface area (Å²) in [7, 11) is 0. The standard InChI is InChI=1S/C10H11Br2NO/c1-7-3-2-4-8(5-7)13-10(14)9(12)6-11/h2-5,9H,6H2,1H3,(H,13,14). The Bertz CT molecular complexity index is 328. The number of amides is 1. The molecule has 1 aromatic carbocycles. The Hall–Kier alpha value is -0.350. The van der Waals surface area contributed by atoms with Gasteiger partial charge in [-0.25, -0.2) is 0 Å². The number of alkyl halides is 2. The van der Waals surface area contributed by atoms with Crippen LogP contribution in [-0.4, -0.2) is 16.1 Å². The van der Waals surface area contributed by atoms with Gasteiger partial charge in [-0.3, -0.25) is 4.79 Å². The minimum absolute atomic E-state index is 0.0347. The van der Waals surface area contributed by atoms with Crippen molar-refractivity contribution in [2.75, 3.05) is 10.6 Å². The number of carbonyl (C=O) groups is 1. The van der Waals surface area contributed by atoms with E-state index in [1.54, 1.807) is 0 Å². The van der Waals surface area contributed by atoms with E-state index in [-0.39, 0.29) is 10.7 Å². The summed E-state index contributed by atoms with van der Waals surface area (Å²) in [6.45, 7) is 1.99. The fourth-order valence-electron chi connectivity index (χ4n) is 1.01. The highest BCUT2D eigenvalue weighted by Gasteiger charge is 2.12. The summed E-state index contributed by atoms with van der Waals surface area (Å²) in [6, 6.07) is 7.72. The van der Waals surface area contributed by atoms with Crippen LogP contribution in [-0.2, 0) is 4.79 Å². The van der Waals surface area contributed by atoms with Gasteiger partial charge in [0.1, 0.15) is 4.83 Å². The number of anilines is 1. The van der Waals surface area contributed by atoms with E-state index in [9.17, 15) is 4.79 Å². The molecule has 76 valence electrons. The maximum Gasteiger partial charge on any atom is 0.239 e. The van der Waals surface area contributed by atoms with Crippen LogP contribution < -0.4 is 5.32 Å². The normalized spacial score (nSPS) is 12.2. The van der Waals surface area contributed by atoms with Gasteiger partial charge >= 0.3 is 0 Å². The minimum atomic E-state index is -0.192. The third kappa shape index (κ3) is 3.42. The molecule has 0 aliphatic heterocycles. The summed E-state index contributed by atoms with van der Waals surface area (Å²) >= 11 is 6.49. The van der Waals surface area contributed by atoms with Gasteiger partial charge in [-0.05, 0) is 24.6 Å². The van der Waals surface area contributed by atoms with Gasteiger partial charge in [-0.15, -0.1) is 0 Å². The number of nitrogens with one attached hydrogen (secondary N) is 1. The number of carbonyl (C=O) groups excluding carboxylic acids is 1. The van der Waals surface area contributed by atoms with Crippen molar-refractivity contribution in [3.63, 3.8) is 0 Å². The van der Waals surface area contributed by atoms with Gasteiger partial charge in [0.15, 0.2) is 0 Å². The summed E-state index contributed by atoms with van der Waals surface area (Å²) < 4.78 is 0. The average Bonchev–Trinajstić information content (AvgIpc) is 2.16. The Morgan fingerprint density at radius 3 is 2.86 bits per heavy atom. The van der Waals surface area contributed by atoms with Crippen LogP contribution in [0.15, 0.2) is 24.3 Å². The third-order valence-electron chi connectivity index (χ3n) is 1.71. The van der Waals surface area contributed by atoms with E-state index in [1.807, 2.05) is 31.2 Å². The van der Waals surface area contributed by atoms with Gasteiger partial charge < -0.3 is 5.32 Å². The average molecular weight is 321 g/mol. The lowest BCUT2D eigenvalue weighted by Gasteiger charge is -2.08. The molecule has 2 nitrogen and oxygen atoms in total. The third-order valence-corrected chi connectivity index (χ3v) is 3.96. The molecule has 1 N–H and O–H groups in total. The lowest BCUT2D eigenvalue weighted by Crippen LogP contribution is -2.23. The molecule has 1 unspecified atom stereocenters. The number of hydrogen-bond acceptors (Lipinski definition) is 1. The van der Waals surface area contributed by atoms with Crippen LogP contribution in [0.5, 0.6) is 0 Å². The highest BCUT2D eigenvalue weighted by Crippen LogP contribution is 2.12. The molecule has 0 aliphatic rings. The Kier molecular flexibility index (Phi) is 4.62. The quantitative estimate of drug-likeness (QED) is 0.852. The number of halogens is 2. The van der Waals surface area contributed by atoms with E-state index in [4.69, 9.17) is 0 Å². The molecule has 0 spiro atoms. The number of hydrogen-bond donors (Lipinski definition) is 1. The fraction of sp³-hybridized carbons (Fsp3) is 0.300. The molecule has 0 aromatic heterocycles. The summed E-state index contributed by atoms with van der Waals surface area (Å²) in [5, 5.41) is 3.42. The largest absolute Gasteiger partial charge is 0.325 e. The van der Waals surface area contributed by atoms with Crippen molar-refractivity contribution in [1.82, 2.24) is 0 Å². The fourth-order valence-corrected chi connectivity index (χ4v) is 1.42. The maximum absolute atomic E-state index is 11.5. The molecule has 1 rings (SSSR count). The zero-order chi connectivity index (χ0) is 10.6. The molecule has 1 aromatic rings. The molecular formula is C10H11Br2NO. The molecule has 0 heterocycles. The van der Waals surface area contributed by atoms with E-state index in [0.29, 0.717) is 5.33 Å². The Labute approximate surface area is 100 Å². The molecule has 0 saturated carbocycles. The first-order valence-corrected chi connectivity index (χ1v) is 6.25. The highest BCUT2D eigenvalue weighted by molar-refractivity contribution is 9.12. The highest BCUT2D eigenvalue weighted by atomic mass is 79.9. The van der Waals surface area contributed by atoms with Crippen LogP contribution in [0, 0.1) is 6.92 Å². The van der Waals surface area contributed by atoms with Crippen molar-refractivity contribution >= 4 is 43.5 Å². The monoisotopic (exact) mass is 319 g/mol. The number of aryl methyl sites for hydroxylation is 1. The molecule has 0 saturated heterocycles. The molecule has 0 bridgehead atoms. The molecular weight excluding hydrogens is 310 g/mol. The predicted molar refractivity (Wildman–Crippen MR) is 66.3 cm³/mol. The van der Waals surface area contributed by atoms with Crippen LogP contribution in [0.4, 0.5) is 5.69 Å². The first kappa shape index (κ1) is 11.7. The van der Waals surface area contributed by atoms with E-state index in [1.165, 1.54) is 0 Å². The van der Waals surface area contributed by atoms with Crippen molar-refractivity contribution in [3.8, 4) is 0 Å². The van der Waals surface area contributed by atoms with Crippen molar-refractivity contribution in [2.24, 2.45) is 0 Å². The Balaban J connectivity index is 2.65. The zero-order valence-electron chi connectivity index (χ0n) is 7.76. The molecule has 14 heavy (non-hydrogen) atoms. The van der Waals surface area contributed by atoms with Crippen molar-refractivity contribution < 1.29 is 4.79 Å². The van der Waals surface area contributed by atoms with Crippen LogP contribution >= 0.6 is 31.9 Å². The van der Waals surface area contributed by atoms with Crippen LogP contribution in [0.25, 0.3) is 0 Å². The van der Waals surface area contributed by atoms with Gasteiger partial charge in [0, 0.05) is 11.0 Å². The SMILES string of the molecule is Cc1cccc(NC(=O)C(Br)CBr)c1. The van der Waals surface area contributed by atoms with Crippen LogP contribution in [0.3, 0.4) is 0 Å². The van der Waals surface area contributed by atoms with Crippen molar-refractivity contribution in [3.05, 3.63) is 29.8 Å². The zero-order valence-corrected chi connectivity index (χ0v) is 10.9. The van der Waals surface area contributed by atoms with E-state index < -0.39 is 0 Å². The van der Waals surface area contributed by atoms with Gasteiger partial charge in [-0.1, -0.05) is 44.0 Å². The molecule has 0 fully saturated rings. The van der Waals surface area contributed by atoms with Crippen LogP contribution in [0.2, 0.25) is 0 Å². The molecule has 1 atom stereocenters.